The Hall–Kier alpha value is -2.69. The van der Waals surface area contributed by atoms with Gasteiger partial charge in [-0.3, -0.25) is 4.79 Å². The van der Waals surface area contributed by atoms with Gasteiger partial charge in [0.05, 0.1) is 16.6 Å². The molecule has 4 rings (SSSR count). The zero-order chi connectivity index (χ0) is 21.9. The van der Waals surface area contributed by atoms with Crippen LogP contribution in [0, 0.1) is 6.92 Å². The zero-order valence-electron chi connectivity index (χ0n) is 15.9. The fourth-order valence-corrected chi connectivity index (χ4v) is 4.78. The SMILES string of the molecule is Cc1occc1C(=O)N1CC2(CC(Oc3ccccn3)CS2)C1.O=C(O)C(F)(F)F. The molecule has 1 unspecified atom stereocenters. The van der Waals surface area contributed by atoms with Crippen LogP contribution in [0.25, 0.3) is 0 Å². The highest BCUT2D eigenvalue weighted by Gasteiger charge is 2.51. The van der Waals surface area contributed by atoms with Crippen molar-refractivity contribution in [2.24, 2.45) is 0 Å². The maximum absolute atomic E-state index is 12.4. The summed E-state index contributed by atoms with van der Waals surface area (Å²) in [7, 11) is 0. The summed E-state index contributed by atoms with van der Waals surface area (Å²) in [5.74, 6) is -0.379. The summed E-state index contributed by atoms with van der Waals surface area (Å²) in [5.41, 5.74) is 0.670. The largest absolute Gasteiger partial charge is 0.490 e. The Balaban J connectivity index is 0.000000318. The van der Waals surface area contributed by atoms with Gasteiger partial charge in [0, 0.05) is 37.5 Å². The first kappa shape index (κ1) is 22.0. The summed E-state index contributed by atoms with van der Waals surface area (Å²) in [6, 6.07) is 7.44. The Morgan fingerprint density at radius 1 is 1.33 bits per heavy atom. The van der Waals surface area contributed by atoms with E-state index in [0.29, 0.717) is 17.2 Å². The molecule has 2 saturated heterocycles. The Morgan fingerprint density at radius 2 is 2.03 bits per heavy atom. The zero-order valence-corrected chi connectivity index (χ0v) is 16.7. The summed E-state index contributed by atoms with van der Waals surface area (Å²) < 4.78 is 43.1. The van der Waals surface area contributed by atoms with Crippen LogP contribution in [0.4, 0.5) is 13.2 Å². The Morgan fingerprint density at radius 3 is 2.57 bits per heavy atom. The average Bonchev–Trinajstić information content (AvgIpc) is 3.27. The first-order chi connectivity index (χ1) is 14.1. The van der Waals surface area contributed by atoms with Crippen molar-refractivity contribution in [1.82, 2.24) is 9.88 Å². The smallest absolute Gasteiger partial charge is 0.475 e. The molecule has 1 amide bonds. The van der Waals surface area contributed by atoms with E-state index in [4.69, 9.17) is 19.1 Å². The molecule has 162 valence electrons. The second kappa shape index (κ2) is 8.58. The lowest BCUT2D eigenvalue weighted by Crippen LogP contribution is -2.60. The number of alkyl halides is 3. The number of aryl methyl sites for hydroxylation is 1. The van der Waals surface area contributed by atoms with Gasteiger partial charge in [-0.2, -0.15) is 13.2 Å². The third kappa shape index (κ3) is 5.07. The molecule has 1 spiro atoms. The van der Waals surface area contributed by atoms with Gasteiger partial charge in [-0.1, -0.05) is 6.07 Å². The summed E-state index contributed by atoms with van der Waals surface area (Å²) in [6.45, 7) is 3.39. The Bertz CT molecular complexity index is 897. The number of carboxylic acid groups (broad SMARTS) is 1. The highest BCUT2D eigenvalue weighted by Crippen LogP contribution is 2.46. The predicted octanol–water partition coefficient (Wildman–Crippen LogP) is 3.40. The van der Waals surface area contributed by atoms with Gasteiger partial charge in [0.1, 0.15) is 11.9 Å². The fourth-order valence-electron chi connectivity index (χ4n) is 3.26. The van der Waals surface area contributed by atoms with Gasteiger partial charge in [0.25, 0.3) is 5.91 Å². The molecule has 0 bridgehead atoms. The van der Waals surface area contributed by atoms with E-state index >= 15 is 0 Å². The van der Waals surface area contributed by atoms with Crippen LogP contribution < -0.4 is 4.74 Å². The number of nitrogens with zero attached hydrogens (tertiary/aromatic N) is 2. The van der Waals surface area contributed by atoms with Crippen LogP contribution in [-0.2, 0) is 4.79 Å². The fraction of sp³-hybridized carbons (Fsp3) is 0.421. The summed E-state index contributed by atoms with van der Waals surface area (Å²) in [6.07, 6.45) is -0.644. The lowest BCUT2D eigenvalue weighted by atomic mass is 9.92. The van der Waals surface area contributed by atoms with Crippen molar-refractivity contribution in [3.05, 3.63) is 48.0 Å². The Kier molecular flexibility index (Phi) is 6.30. The molecule has 7 nitrogen and oxygen atoms in total. The number of carbonyl (C=O) groups is 2. The number of rotatable bonds is 3. The van der Waals surface area contributed by atoms with Gasteiger partial charge in [-0.15, -0.1) is 11.8 Å². The molecule has 1 N–H and O–H groups in total. The van der Waals surface area contributed by atoms with Crippen LogP contribution >= 0.6 is 11.8 Å². The van der Waals surface area contributed by atoms with Crippen molar-refractivity contribution >= 4 is 23.6 Å². The van der Waals surface area contributed by atoms with E-state index in [2.05, 4.69) is 4.98 Å². The number of ether oxygens (including phenoxy) is 1. The topological polar surface area (TPSA) is 92.9 Å². The first-order valence-electron chi connectivity index (χ1n) is 8.95. The van der Waals surface area contributed by atoms with Gasteiger partial charge in [0.15, 0.2) is 0 Å². The highest BCUT2D eigenvalue weighted by atomic mass is 32.2. The summed E-state index contributed by atoms with van der Waals surface area (Å²) >= 11 is 1.91. The van der Waals surface area contributed by atoms with Crippen molar-refractivity contribution in [2.75, 3.05) is 18.8 Å². The predicted molar refractivity (Wildman–Crippen MR) is 101 cm³/mol. The van der Waals surface area contributed by atoms with E-state index in [1.54, 1.807) is 18.5 Å². The summed E-state index contributed by atoms with van der Waals surface area (Å²) in [5, 5.41) is 7.12. The molecule has 2 aliphatic heterocycles. The molecule has 0 saturated carbocycles. The van der Waals surface area contributed by atoms with Crippen molar-refractivity contribution in [2.45, 2.75) is 30.4 Å². The maximum atomic E-state index is 12.4. The van der Waals surface area contributed by atoms with Crippen LogP contribution in [-0.4, -0.2) is 62.7 Å². The van der Waals surface area contributed by atoms with Gasteiger partial charge >= 0.3 is 12.1 Å². The second-order valence-electron chi connectivity index (χ2n) is 6.96. The van der Waals surface area contributed by atoms with E-state index in [-0.39, 0.29) is 16.8 Å². The van der Waals surface area contributed by atoms with Crippen molar-refractivity contribution in [1.29, 1.82) is 0 Å². The van der Waals surface area contributed by atoms with Crippen molar-refractivity contribution in [3.63, 3.8) is 0 Å². The Labute approximate surface area is 174 Å². The number of furan rings is 1. The van der Waals surface area contributed by atoms with E-state index in [0.717, 1.165) is 25.3 Å². The van der Waals surface area contributed by atoms with Crippen LogP contribution in [0.3, 0.4) is 0 Å². The van der Waals surface area contributed by atoms with Crippen molar-refractivity contribution in [3.8, 4) is 5.88 Å². The number of pyridine rings is 1. The van der Waals surface area contributed by atoms with Crippen LogP contribution in [0.15, 0.2) is 41.1 Å². The molecular weight excluding hydrogens is 425 g/mol. The number of likely N-dealkylation sites (tertiary alicyclic amines) is 1. The van der Waals surface area contributed by atoms with Crippen LogP contribution in [0.5, 0.6) is 5.88 Å². The highest BCUT2D eigenvalue weighted by molar-refractivity contribution is 8.01. The molecule has 1 atom stereocenters. The van der Waals surface area contributed by atoms with E-state index in [1.165, 1.54) is 0 Å². The molecule has 2 aliphatic rings. The number of hydrogen-bond acceptors (Lipinski definition) is 6. The molecule has 2 fully saturated rings. The maximum Gasteiger partial charge on any atom is 0.490 e. The molecule has 0 aromatic carbocycles. The quantitative estimate of drug-likeness (QED) is 0.776. The van der Waals surface area contributed by atoms with Gasteiger partial charge in [0.2, 0.25) is 5.88 Å². The normalized spacial score (nSPS) is 19.6. The second-order valence-corrected chi connectivity index (χ2v) is 8.45. The third-order valence-corrected chi connectivity index (χ3v) is 6.25. The van der Waals surface area contributed by atoms with E-state index < -0.39 is 12.1 Å². The van der Waals surface area contributed by atoms with Crippen LogP contribution in [0.1, 0.15) is 22.5 Å². The molecule has 0 aliphatic carbocycles. The lowest BCUT2D eigenvalue weighted by Gasteiger charge is -2.47. The number of halogens is 3. The molecule has 2 aromatic rings. The molecule has 4 heterocycles. The van der Waals surface area contributed by atoms with Crippen LogP contribution in [0.2, 0.25) is 0 Å². The summed E-state index contributed by atoms with van der Waals surface area (Å²) in [4.78, 5) is 27.4. The monoisotopic (exact) mass is 444 g/mol. The van der Waals surface area contributed by atoms with E-state index in [1.807, 2.05) is 41.8 Å². The standard InChI is InChI=1S/C17H18N2O3S.C2HF3O2/c1-12-14(5-7-21-12)16(20)19-10-17(11-19)8-13(9-23-17)22-15-4-2-3-6-18-15;3-2(4,5)1(6)7/h2-7,13H,8-11H2,1H3;(H,6,7). The number of thioether (sulfide) groups is 1. The minimum atomic E-state index is -5.08. The molecule has 2 aromatic heterocycles. The number of carbonyl (C=O) groups excluding carboxylic acids is 1. The number of aromatic nitrogens is 1. The number of aliphatic carboxylic acids is 1. The molecular formula is C19H19F3N2O5S. The van der Waals surface area contributed by atoms with Gasteiger partial charge < -0.3 is 19.2 Å². The minimum absolute atomic E-state index is 0.0663. The first-order valence-corrected chi connectivity index (χ1v) is 9.93. The molecule has 0 radical (unpaired) electrons. The number of hydrogen-bond donors (Lipinski definition) is 1. The average molecular weight is 444 g/mol. The van der Waals surface area contributed by atoms with E-state index in [9.17, 15) is 18.0 Å². The molecule has 11 heteroatoms. The number of amides is 1. The van der Waals surface area contributed by atoms with Gasteiger partial charge in [-0.25, -0.2) is 9.78 Å². The third-order valence-electron chi connectivity index (χ3n) is 4.68. The minimum Gasteiger partial charge on any atom is -0.475 e. The number of carboxylic acids is 1. The molecule has 30 heavy (non-hydrogen) atoms. The van der Waals surface area contributed by atoms with Gasteiger partial charge in [-0.05, 0) is 19.1 Å². The van der Waals surface area contributed by atoms with Crippen molar-refractivity contribution < 1.29 is 37.0 Å². The lowest BCUT2D eigenvalue weighted by molar-refractivity contribution is -0.192.